The first-order chi connectivity index (χ1) is 8.41. The smallest absolute Gasteiger partial charge is 0.162 e. The number of rotatable bonds is 4. The lowest BCUT2D eigenvalue weighted by molar-refractivity contribution is 0.116. The van der Waals surface area contributed by atoms with E-state index in [2.05, 4.69) is 0 Å². The molecule has 1 aromatic rings. The third-order valence-electron chi connectivity index (χ3n) is 3.29. The summed E-state index contributed by atoms with van der Waals surface area (Å²) in [6.45, 7) is 3.85. The van der Waals surface area contributed by atoms with E-state index in [-0.39, 0.29) is 0 Å². The van der Waals surface area contributed by atoms with Crippen molar-refractivity contribution in [3.05, 3.63) is 22.7 Å². The van der Waals surface area contributed by atoms with Crippen molar-refractivity contribution in [3.8, 4) is 11.5 Å². The van der Waals surface area contributed by atoms with Crippen molar-refractivity contribution in [2.24, 2.45) is 5.73 Å². The van der Waals surface area contributed by atoms with Gasteiger partial charge < -0.3 is 15.2 Å². The fraction of sp³-hybridized carbons (Fsp3) is 0.571. The van der Waals surface area contributed by atoms with Crippen LogP contribution in [-0.4, -0.2) is 13.2 Å². The molecule has 0 bridgehead atoms. The van der Waals surface area contributed by atoms with Gasteiger partial charge in [0.1, 0.15) is 0 Å². The van der Waals surface area contributed by atoms with Crippen molar-refractivity contribution in [3.63, 3.8) is 0 Å². The Labute approximate surface area is 113 Å². The van der Waals surface area contributed by atoms with E-state index in [0.717, 1.165) is 24.2 Å². The van der Waals surface area contributed by atoms with Gasteiger partial charge in [-0.15, -0.1) is 0 Å². The summed E-state index contributed by atoms with van der Waals surface area (Å²) in [6, 6.07) is 3.68. The number of hydrogen-bond donors (Lipinski definition) is 1. The second-order valence-electron chi connectivity index (χ2n) is 5.38. The predicted molar refractivity (Wildman–Crippen MR) is 73.5 cm³/mol. The first-order valence-electron chi connectivity index (χ1n) is 6.25. The lowest BCUT2D eigenvalue weighted by Gasteiger charge is -2.29. The maximum absolute atomic E-state index is 6.23. The van der Waals surface area contributed by atoms with Crippen LogP contribution in [0.25, 0.3) is 0 Å². The highest BCUT2D eigenvalue weighted by Gasteiger charge is 2.24. The molecule has 0 heterocycles. The van der Waals surface area contributed by atoms with Crippen molar-refractivity contribution in [2.45, 2.75) is 44.8 Å². The molecule has 1 aliphatic rings. The van der Waals surface area contributed by atoms with Gasteiger partial charge in [0.25, 0.3) is 0 Å². The highest BCUT2D eigenvalue weighted by molar-refractivity contribution is 6.31. The van der Waals surface area contributed by atoms with Gasteiger partial charge in [-0.05, 0) is 44.7 Å². The highest BCUT2D eigenvalue weighted by atomic mass is 35.5. The Balaban J connectivity index is 2.35. The molecule has 18 heavy (non-hydrogen) atoms. The first-order valence-corrected chi connectivity index (χ1v) is 6.63. The number of hydrogen-bond acceptors (Lipinski definition) is 3. The topological polar surface area (TPSA) is 44.5 Å². The minimum absolute atomic E-state index is 0.300. The molecule has 100 valence electrons. The SMILES string of the molecule is COc1cc(Cl)c(C(C)(C)N)cc1OC1CCC1. The lowest BCUT2D eigenvalue weighted by Crippen LogP contribution is -2.29. The van der Waals surface area contributed by atoms with Crippen LogP contribution in [-0.2, 0) is 5.54 Å². The number of ether oxygens (including phenoxy) is 2. The van der Waals surface area contributed by atoms with E-state index in [0.29, 0.717) is 16.9 Å². The monoisotopic (exact) mass is 269 g/mol. The fourth-order valence-electron chi connectivity index (χ4n) is 1.95. The van der Waals surface area contributed by atoms with Crippen LogP contribution in [0, 0.1) is 0 Å². The summed E-state index contributed by atoms with van der Waals surface area (Å²) in [4.78, 5) is 0. The molecule has 0 saturated heterocycles. The van der Waals surface area contributed by atoms with Crippen LogP contribution in [0.1, 0.15) is 38.7 Å². The molecule has 0 unspecified atom stereocenters. The number of nitrogens with two attached hydrogens (primary N) is 1. The zero-order chi connectivity index (χ0) is 13.3. The van der Waals surface area contributed by atoms with Crippen LogP contribution in [0.2, 0.25) is 5.02 Å². The molecule has 1 saturated carbocycles. The standard InChI is InChI=1S/C14H20ClNO2/c1-14(2,16)10-7-13(18-9-5-4-6-9)12(17-3)8-11(10)15/h7-9H,4-6,16H2,1-3H3. The second-order valence-corrected chi connectivity index (χ2v) is 5.78. The molecule has 0 atom stereocenters. The molecule has 1 fully saturated rings. The van der Waals surface area contributed by atoms with Crippen LogP contribution in [0.4, 0.5) is 0 Å². The minimum Gasteiger partial charge on any atom is -0.493 e. The van der Waals surface area contributed by atoms with Crippen LogP contribution >= 0.6 is 11.6 Å². The average molecular weight is 270 g/mol. The minimum atomic E-state index is -0.499. The summed E-state index contributed by atoms with van der Waals surface area (Å²) in [5.74, 6) is 1.40. The summed E-state index contributed by atoms with van der Waals surface area (Å²) in [7, 11) is 1.62. The Morgan fingerprint density at radius 3 is 2.39 bits per heavy atom. The van der Waals surface area contributed by atoms with E-state index < -0.39 is 5.54 Å². The van der Waals surface area contributed by atoms with Crippen LogP contribution in [0.3, 0.4) is 0 Å². The van der Waals surface area contributed by atoms with Crippen LogP contribution in [0.15, 0.2) is 12.1 Å². The van der Waals surface area contributed by atoms with E-state index in [1.54, 1.807) is 13.2 Å². The van der Waals surface area contributed by atoms with Crippen LogP contribution < -0.4 is 15.2 Å². The van der Waals surface area contributed by atoms with Crippen molar-refractivity contribution < 1.29 is 9.47 Å². The maximum Gasteiger partial charge on any atom is 0.162 e. The Bertz CT molecular complexity index is 436. The molecule has 2 N–H and O–H groups in total. The zero-order valence-corrected chi connectivity index (χ0v) is 11.9. The lowest BCUT2D eigenvalue weighted by atomic mass is 9.94. The molecular formula is C14H20ClNO2. The normalized spacial score (nSPS) is 16.3. The summed E-state index contributed by atoms with van der Waals surface area (Å²) >= 11 is 6.23. The Morgan fingerprint density at radius 2 is 1.94 bits per heavy atom. The number of methoxy groups -OCH3 is 1. The zero-order valence-electron chi connectivity index (χ0n) is 11.1. The predicted octanol–water partition coefficient (Wildman–Crippen LogP) is 3.47. The molecule has 1 aromatic carbocycles. The van der Waals surface area contributed by atoms with Crippen molar-refractivity contribution in [2.75, 3.05) is 7.11 Å². The summed E-state index contributed by atoms with van der Waals surface area (Å²) in [5.41, 5.74) is 6.49. The Morgan fingerprint density at radius 1 is 1.28 bits per heavy atom. The van der Waals surface area contributed by atoms with Gasteiger partial charge in [0.05, 0.1) is 13.2 Å². The van der Waals surface area contributed by atoms with Gasteiger partial charge in [0.2, 0.25) is 0 Å². The molecular weight excluding hydrogens is 250 g/mol. The van der Waals surface area contributed by atoms with E-state index in [9.17, 15) is 0 Å². The second kappa shape index (κ2) is 4.98. The fourth-order valence-corrected chi connectivity index (χ4v) is 2.35. The molecule has 3 nitrogen and oxygen atoms in total. The van der Waals surface area contributed by atoms with Gasteiger partial charge in [0, 0.05) is 16.6 Å². The van der Waals surface area contributed by atoms with E-state index in [1.807, 2.05) is 19.9 Å². The largest absolute Gasteiger partial charge is 0.493 e. The third-order valence-corrected chi connectivity index (χ3v) is 3.61. The highest BCUT2D eigenvalue weighted by Crippen LogP contribution is 2.39. The molecule has 1 aliphatic carbocycles. The first kappa shape index (κ1) is 13.5. The van der Waals surface area contributed by atoms with E-state index in [4.69, 9.17) is 26.8 Å². The maximum atomic E-state index is 6.23. The van der Waals surface area contributed by atoms with Gasteiger partial charge in [-0.3, -0.25) is 0 Å². The van der Waals surface area contributed by atoms with Crippen molar-refractivity contribution in [1.29, 1.82) is 0 Å². The number of halogens is 1. The van der Waals surface area contributed by atoms with Gasteiger partial charge in [0.15, 0.2) is 11.5 Å². The molecule has 0 aromatic heterocycles. The van der Waals surface area contributed by atoms with E-state index >= 15 is 0 Å². The Hall–Kier alpha value is -0.930. The average Bonchev–Trinajstić information content (AvgIpc) is 2.22. The summed E-state index contributed by atoms with van der Waals surface area (Å²) < 4.78 is 11.2. The number of benzene rings is 1. The molecule has 0 aliphatic heterocycles. The molecule has 2 rings (SSSR count). The van der Waals surface area contributed by atoms with Gasteiger partial charge in [-0.2, -0.15) is 0 Å². The molecule has 4 heteroatoms. The molecule has 0 spiro atoms. The third kappa shape index (κ3) is 2.73. The summed E-state index contributed by atoms with van der Waals surface area (Å²) in [5, 5.41) is 0.611. The quantitative estimate of drug-likeness (QED) is 0.910. The van der Waals surface area contributed by atoms with Gasteiger partial charge in [-0.1, -0.05) is 11.6 Å². The van der Waals surface area contributed by atoms with Gasteiger partial charge in [-0.25, -0.2) is 0 Å². The van der Waals surface area contributed by atoms with Crippen LogP contribution in [0.5, 0.6) is 11.5 Å². The van der Waals surface area contributed by atoms with Crippen molar-refractivity contribution in [1.82, 2.24) is 0 Å². The summed E-state index contributed by atoms with van der Waals surface area (Å²) in [6.07, 6.45) is 3.74. The van der Waals surface area contributed by atoms with E-state index in [1.165, 1.54) is 6.42 Å². The molecule has 0 amide bonds. The Kier molecular flexibility index (Phi) is 3.74. The van der Waals surface area contributed by atoms with Gasteiger partial charge >= 0.3 is 0 Å². The molecule has 0 radical (unpaired) electrons. The van der Waals surface area contributed by atoms with Crippen molar-refractivity contribution >= 4 is 11.6 Å².